The largest absolute Gasteiger partial charge is 0.256 e. The second-order valence-corrected chi connectivity index (χ2v) is 17.5. The second-order valence-electron chi connectivity index (χ2n) is 17.5. The SMILES string of the molecule is c1ccc(-c2ccc(-c3nc(-c4ccc(-c5ccccn5)cc4)nc4c(-c5ccc6ccc7cccc8ccc5c6c78)cc(-c5ccc6ccc7cccc8ccc5c6c78)cc34)cc2)cc1. The number of fused-ring (bicyclic) bond motifs is 1. The molecule has 12 aromatic carbocycles. The summed E-state index contributed by atoms with van der Waals surface area (Å²) in [6.07, 6.45) is 1.84. The van der Waals surface area contributed by atoms with Crippen LogP contribution in [0.1, 0.15) is 0 Å². The number of aromatic nitrogens is 3. The van der Waals surface area contributed by atoms with E-state index in [2.05, 4.69) is 205 Å². The van der Waals surface area contributed by atoms with Crippen LogP contribution in [0.3, 0.4) is 0 Å². The molecular formula is C63H37N3. The zero-order chi connectivity index (χ0) is 43.3. The molecule has 2 aromatic heterocycles. The lowest BCUT2D eigenvalue weighted by atomic mass is 9.86. The Bertz CT molecular complexity index is 4150. The summed E-state index contributed by atoms with van der Waals surface area (Å²) in [5, 5.41) is 16.1. The van der Waals surface area contributed by atoms with Gasteiger partial charge in [-0.3, -0.25) is 4.98 Å². The van der Waals surface area contributed by atoms with Crippen LogP contribution in [-0.4, -0.2) is 15.0 Å². The maximum Gasteiger partial charge on any atom is 0.160 e. The van der Waals surface area contributed by atoms with Gasteiger partial charge in [-0.1, -0.05) is 194 Å². The standard InChI is InChI=1S/C63H37N3/c1-2-8-38(9-3-1)39-15-23-47(24-16-39)61-55-37-49(50-31-27-45-21-19-41-10-6-12-43-29-33-52(50)59(45)57(41)43)36-54(51-32-28-46-22-20-42-11-7-13-44-30-34-53(51)60(46)58(42)44)62(55)66-63(65-61)48-25-17-40(18-26-48)56-14-4-5-35-64-56/h1-37H. The first-order valence-electron chi connectivity index (χ1n) is 22.6. The quantitative estimate of drug-likeness (QED) is 0.157. The summed E-state index contributed by atoms with van der Waals surface area (Å²) in [6, 6.07) is 79.3. The Labute approximate surface area is 380 Å². The molecule has 0 unspecified atom stereocenters. The Balaban J connectivity index is 1.08. The molecular weight excluding hydrogens is 799 g/mol. The molecule has 0 saturated heterocycles. The van der Waals surface area contributed by atoms with E-state index in [1.807, 2.05) is 24.4 Å². The van der Waals surface area contributed by atoms with Crippen LogP contribution in [0.15, 0.2) is 225 Å². The van der Waals surface area contributed by atoms with E-state index < -0.39 is 0 Å². The van der Waals surface area contributed by atoms with E-state index in [1.165, 1.54) is 75.8 Å². The smallest absolute Gasteiger partial charge is 0.160 e. The van der Waals surface area contributed by atoms with Gasteiger partial charge in [0.25, 0.3) is 0 Å². The van der Waals surface area contributed by atoms with E-state index in [9.17, 15) is 0 Å². The van der Waals surface area contributed by atoms with Gasteiger partial charge in [-0.15, -0.1) is 0 Å². The number of pyridine rings is 1. The van der Waals surface area contributed by atoms with Crippen LogP contribution in [-0.2, 0) is 0 Å². The lowest BCUT2D eigenvalue weighted by Gasteiger charge is -2.19. The summed E-state index contributed by atoms with van der Waals surface area (Å²) < 4.78 is 0. The van der Waals surface area contributed by atoms with Gasteiger partial charge >= 0.3 is 0 Å². The van der Waals surface area contributed by atoms with Crippen molar-refractivity contribution in [3.63, 3.8) is 0 Å². The summed E-state index contributed by atoms with van der Waals surface area (Å²) >= 11 is 0. The topological polar surface area (TPSA) is 38.7 Å². The first-order chi connectivity index (χ1) is 32.7. The van der Waals surface area contributed by atoms with E-state index in [-0.39, 0.29) is 0 Å². The molecule has 0 aliphatic heterocycles. The number of benzene rings is 12. The highest BCUT2D eigenvalue weighted by molar-refractivity contribution is 6.28. The lowest BCUT2D eigenvalue weighted by molar-refractivity contribution is 1.23. The highest BCUT2D eigenvalue weighted by atomic mass is 14.9. The van der Waals surface area contributed by atoms with Gasteiger partial charge in [0.05, 0.1) is 16.9 Å². The Morgan fingerprint density at radius 3 is 1.42 bits per heavy atom. The van der Waals surface area contributed by atoms with Crippen LogP contribution in [0.2, 0.25) is 0 Å². The van der Waals surface area contributed by atoms with Crippen molar-refractivity contribution in [3.8, 4) is 67.3 Å². The van der Waals surface area contributed by atoms with Crippen molar-refractivity contribution in [2.24, 2.45) is 0 Å². The molecule has 0 atom stereocenters. The first kappa shape index (κ1) is 36.7. The Morgan fingerprint density at radius 1 is 0.273 bits per heavy atom. The van der Waals surface area contributed by atoms with E-state index in [1.54, 1.807) is 0 Å². The maximum absolute atomic E-state index is 5.62. The molecule has 304 valence electrons. The normalized spacial score (nSPS) is 11.9. The summed E-state index contributed by atoms with van der Waals surface area (Å²) in [7, 11) is 0. The third-order valence-electron chi connectivity index (χ3n) is 13.8. The molecule has 14 rings (SSSR count). The summed E-state index contributed by atoms with van der Waals surface area (Å²) in [6.45, 7) is 0. The van der Waals surface area contributed by atoms with Crippen LogP contribution < -0.4 is 0 Å². The maximum atomic E-state index is 5.62. The molecule has 3 heteroatoms. The minimum atomic E-state index is 0.673. The van der Waals surface area contributed by atoms with Crippen molar-refractivity contribution in [2.45, 2.75) is 0 Å². The van der Waals surface area contributed by atoms with Crippen LogP contribution in [0.5, 0.6) is 0 Å². The molecule has 14 aromatic rings. The van der Waals surface area contributed by atoms with E-state index >= 15 is 0 Å². The van der Waals surface area contributed by atoms with Gasteiger partial charge in [-0.2, -0.15) is 0 Å². The summed E-state index contributed by atoms with van der Waals surface area (Å²) in [4.78, 5) is 15.8. The van der Waals surface area contributed by atoms with Crippen molar-refractivity contribution in [1.82, 2.24) is 15.0 Å². The zero-order valence-corrected chi connectivity index (χ0v) is 35.7. The fraction of sp³-hybridized carbons (Fsp3) is 0. The molecule has 0 N–H and O–H groups in total. The predicted molar refractivity (Wildman–Crippen MR) is 277 cm³/mol. The minimum Gasteiger partial charge on any atom is -0.256 e. The van der Waals surface area contributed by atoms with E-state index in [4.69, 9.17) is 9.97 Å². The van der Waals surface area contributed by atoms with Crippen molar-refractivity contribution in [2.75, 3.05) is 0 Å². The first-order valence-corrected chi connectivity index (χ1v) is 22.6. The number of rotatable bonds is 6. The third kappa shape index (κ3) is 5.67. The van der Waals surface area contributed by atoms with Gasteiger partial charge in [0.2, 0.25) is 0 Å². The minimum absolute atomic E-state index is 0.673. The van der Waals surface area contributed by atoms with E-state index in [0.717, 1.165) is 61.2 Å². The molecule has 0 spiro atoms. The number of hydrogen-bond acceptors (Lipinski definition) is 3. The molecule has 66 heavy (non-hydrogen) atoms. The zero-order valence-electron chi connectivity index (χ0n) is 35.7. The second kappa shape index (κ2) is 14.4. The Kier molecular flexibility index (Phi) is 7.98. The van der Waals surface area contributed by atoms with Crippen LogP contribution in [0, 0.1) is 0 Å². The average molecular weight is 836 g/mol. The van der Waals surface area contributed by atoms with Gasteiger partial charge in [0.1, 0.15) is 0 Å². The molecule has 0 aliphatic rings. The fourth-order valence-electron chi connectivity index (χ4n) is 10.7. The van der Waals surface area contributed by atoms with E-state index in [0.29, 0.717) is 5.82 Å². The molecule has 0 amide bonds. The van der Waals surface area contributed by atoms with Crippen LogP contribution in [0.25, 0.3) is 143 Å². The Hall–Kier alpha value is -8.79. The predicted octanol–water partition coefficient (Wildman–Crippen LogP) is 16.8. The van der Waals surface area contributed by atoms with Crippen LogP contribution in [0.4, 0.5) is 0 Å². The van der Waals surface area contributed by atoms with Gasteiger partial charge in [0, 0.05) is 33.8 Å². The summed E-state index contributed by atoms with van der Waals surface area (Å²) in [5.74, 6) is 0.673. The van der Waals surface area contributed by atoms with Gasteiger partial charge in [-0.25, -0.2) is 9.97 Å². The molecule has 0 radical (unpaired) electrons. The molecule has 0 fully saturated rings. The number of nitrogens with zero attached hydrogens (tertiary/aromatic N) is 3. The van der Waals surface area contributed by atoms with Crippen molar-refractivity contribution in [1.29, 1.82) is 0 Å². The number of hydrogen-bond donors (Lipinski definition) is 0. The Morgan fingerprint density at radius 2 is 0.788 bits per heavy atom. The average Bonchev–Trinajstić information content (AvgIpc) is 3.39. The molecule has 0 bridgehead atoms. The monoisotopic (exact) mass is 835 g/mol. The van der Waals surface area contributed by atoms with Gasteiger partial charge in [0.15, 0.2) is 5.82 Å². The van der Waals surface area contributed by atoms with Crippen molar-refractivity contribution in [3.05, 3.63) is 225 Å². The third-order valence-corrected chi connectivity index (χ3v) is 13.8. The van der Waals surface area contributed by atoms with Gasteiger partial charge < -0.3 is 0 Å². The van der Waals surface area contributed by atoms with Gasteiger partial charge in [-0.05, 0) is 117 Å². The molecule has 0 aliphatic carbocycles. The molecule has 0 saturated carbocycles. The van der Waals surface area contributed by atoms with Crippen molar-refractivity contribution >= 4 is 75.5 Å². The highest BCUT2D eigenvalue weighted by Crippen LogP contribution is 2.46. The summed E-state index contributed by atoms with van der Waals surface area (Å²) in [5.41, 5.74) is 12.6. The highest BCUT2D eigenvalue weighted by Gasteiger charge is 2.22. The van der Waals surface area contributed by atoms with Crippen LogP contribution >= 0.6 is 0 Å². The fourth-order valence-corrected chi connectivity index (χ4v) is 10.7. The molecule has 2 heterocycles. The lowest BCUT2D eigenvalue weighted by Crippen LogP contribution is -1.99. The molecule has 3 nitrogen and oxygen atoms in total. The van der Waals surface area contributed by atoms with Crippen molar-refractivity contribution < 1.29 is 0 Å².